The minimum Gasteiger partial charge on any atom is -0.493 e. The van der Waals surface area contributed by atoms with Crippen LogP contribution in [0, 0.1) is 0 Å². The van der Waals surface area contributed by atoms with E-state index in [1.54, 1.807) is 19.2 Å². The fourth-order valence-corrected chi connectivity index (χ4v) is 5.22. The zero-order chi connectivity index (χ0) is 26.4. The van der Waals surface area contributed by atoms with Gasteiger partial charge in [-0.3, -0.25) is 0 Å². The summed E-state index contributed by atoms with van der Waals surface area (Å²) in [5, 5.41) is 17.0. The number of ether oxygens (including phenoxy) is 6. The molecule has 3 aromatic carbocycles. The number of methoxy groups -OCH3 is 3. The van der Waals surface area contributed by atoms with Crippen molar-refractivity contribution in [1.82, 2.24) is 5.01 Å². The van der Waals surface area contributed by atoms with Crippen molar-refractivity contribution in [3.05, 3.63) is 70.8 Å². The average Bonchev–Trinajstić information content (AvgIpc) is 3.41. The zero-order valence-corrected chi connectivity index (χ0v) is 21.1. The van der Waals surface area contributed by atoms with Gasteiger partial charge in [0.15, 0.2) is 34.5 Å². The Morgan fingerprint density at radius 1 is 0.947 bits per heavy atom. The molecule has 1 N–H and O–H groups in total. The highest BCUT2D eigenvalue weighted by molar-refractivity contribution is 6.02. The van der Waals surface area contributed by atoms with E-state index in [9.17, 15) is 9.90 Å². The number of fused-ring (bicyclic) bond motifs is 4. The molecule has 6 rings (SSSR count). The second-order valence-corrected chi connectivity index (χ2v) is 8.92. The molecule has 10 nitrogen and oxygen atoms in total. The highest BCUT2D eigenvalue weighted by Crippen LogP contribution is 2.52. The number of hydrazone groups is 1. The van der Waals surface area contributed by atoms with Gasteiger partial charge in [-0.25, -0.2) is 9.80 Å². The number of carboxylic acid groups (broad SMARTS) is 1. The summed E-state index contributed by atoms with van der Waals surface area (Å²) in [6, 6.07) is 14.6. The third-order valence-corrected chi connectivity index (χ3v) is 6.93. The molecule has 0 unspecified atom stereocenters. The topological polar surface area (TPSA) is 108 Å². The molecule has 3 aliphatic rings. The summed E-state index contributed by atoms with van der Waals surface area (Å²) in [5.74, 6) is 1.72. The summed E-state index contributed by atoms with van der Waals surface area (Å²) < 4.78 is 34.4. The lowest BCUT2D eigenvalue weighted by Gasteiger charge is -2.39. The van der Waals surface area contributed by atoms with Gasteiger partial charge in [-0.05, 0) is 36.4 Å². The van der Waals surface area contributed by atoms with Crippen LogP contribution in [0.1, 0.15) is 45.7 Å². The molecule has 0 aromatic heterocycles. The maximum Gasteiger partial charge on any atom is 0.340 e. The quantitative estimate of drug-likeness (QED) is 0.507. The lowest BCUT2D eigenvalue weighted by atomic mass is 9.94. The first-order chi connectivity index (χ1) is 18.5. The van der Waals surface area contributed by atoms with E-state index in [0.717, 1.165) is 16.8 Å². The van der Waals surface area contributed by atoms with E-state index in [2.05, 4.69) is 0 Å². The minimum atomic E-state index is -1.17. The van der Waals surface area contributed by atoms with Gasteiger partial charge in [-0.15, -0.1) is 0 Å². The molecule has 0 aliphatic carbocycles. The normalized spacial score (nSPS) is 19.0. The number of para-hydroxylation sites is 1. The number of nitrogens with zero attached hydrogens (tertiary/aromatic N) is 2. The van der Waals surface area contributed by atoms with Crippen molar-refractivity contribution in [2.24, 2.45) is 5.10 Å². The fraction of sp³-hybridized carbons (Fsp3) is 0.286. The molecule has 0 amide bonds. The number of benzene rings is 3. The van der Waals surface area contributed by atoms with Crippen molar-refractivity contribution in [1.29, 1.82) is 0 Å². The monoisotopic (exact) mass is 518 g/mol. The molecule has 0 radical (unpaired) electrons. The Morgan fingerprint density at radius 2 is 1.74 bits per heavy atom. The number of aromatic carboxylic acids is 1. The van der Waals surface area contributed by atoms with Crippen molar-refractivity contribution in [2.45, 2.75) is 18.7 Å². The van der Waals surface area contributed by atoms with E-state index in [1.165, 1.54) is 14.2 Å². The molecule has 0 bridgehead atoms. The number of carboxylic acids is 1. The SMILES string of the molecule is COc1cccc2c1O[C@@H](c1ccc(OC)c(OC)c1C(=O)O)N1N=C(c3ccc4c(c3)OCCO4)C[C@H]21. The molecule has 10 heteroatoms. The second-order valence-electron chi connectivity index (χ2n) is 8.92. The van der Waals surface area contributed by atoms with E-state index < -0.39 is 12.2 Å². The molecule has 3 aliphatic heterocycles. The Balaban J connectivity index is 1.50. The van der Waals surface area contributed by atoms with Crippen LogP contribution in [0.2, 0.25) is 0 Å². The van der Waals surface area contributed by atoms with Gasteiger partial charge in [0, 0.05) is 23.1 Å². The smallest absolute Gasteiger partial charge is 0.340 e. The van der Waals surface area contributed by atoms with E-state index in [-0.39, 0.29) is 17.4 Å². The van der Waals surface area contributed by atoms with Crippen LogP contribution >= 0.6 is 0 Å². The first-order valence-corrected chi connectivity index (χ1v) is 12.1. The number of carbonyl (C=O) groups is 1. The summed E-state index contributed by atoms with van der Waals surface area (Å²) in [7, 11) is 4.44. The highest BCUT2D eigenvalue weighted by atomic mass is 16.6. The van der Waals surface area contributed by atoms with Crippen LogP contribution in [-0.2, 0) is 0 Å². The Kier molecular flexibility index (Phi) is 5.86. The van der Waals surface area contributed by atoms with Crippen LogP contribution in [0.25, 0.3) is 0 Å². The van der Waals surface area contributed by atoms with E-state index in [0.29, 0.717) is 53.9 Å². The number of hydrogen-bond donors (Lipinski definition) is 1. The molecule has 196 valence electrons. The number of hydrogen-bond acceptors (Lipinski definition) is 9. The summed E-state index contributed by atoms with van der Waals surface area (Å²) in [6.45, 7) is 0.996. The van der Waals surface area contributed by atoms with Crippen LogP contribution in [0.4, 0.5) is 0 Å². The molecule has 38 heavy (non-hydrogen) atoms. The van der Waals surface area contributed by atoms with Gasteiger partial charge in [0.1, 0.15) is 18.8 Å². The molecule has 3 heterocycles. The largest absolute Gasteiger partial charge is 0.493 e. The van der Waals surface area contributed by atoms with Gasteiger partial charge in [0.2, 0.25) is 6.23 Å². The second kappa shape index (κ2) is 9.37. The Labute approximate surface area is 218 Å². The van der Waals surface area contributed by atoms with E-state index in [4.69, 9.17) is 33.5 Å². The molecular formula is C28H26N2O8. The first kappa shape index (κ1) is 23.8. The molecular weight excluding hydrogens is 492 g/mol. The summed E-state index contributed by atoms with van der Waals surface area (Å²) in [6.07, 6.45) is -0.306. The van der Waals surface area contributed by atoms with Gasteiger partial charge in [-0.2, -0.15) is 5.10 Å². The van der Waals surface area contributed by atoms with Crippen molar-refractivity contribution >= 4 is 11.7 Å². The predicted octanol–water partition coefficient (Wildman–Crippen LogP) is 4.42. The van der Waals surface area contributed by atoms with Gasteiger partial charge >= 0.3 is 5.97 Å². The Morgan fingerprint density at radius 3 is 2.47 bits per heavy atom. The van der Waals surface area contributed by atoms with Crippen LogP contribution in [-0.4, -0.2) is 56.3 Å². The van der Waals surface area contributed by atoms with Gasteiger partial charge < -0.3 is 33.5 Å². The van der Waals surface area contributed by atoms with Crippen molar-refractivity contribution in [3.8, 4) is 34.5 Å². The molecule has 0 spiro atoms. The summed E-state index contributed by atoms with van der Waals surface area (Å²) in [5.41, 5.74) is 2.92. The third kappa shape index (κ3) is 3.71. The van der Waals surface area contributed by atoms with Crippen LogP contribution in [0.3, 0.4) is 0 Å². The van der Waals surface area contributed by atoms with Gasteiger partial charge in [0.25, 0.3) is 0 Å². The fourth-order valence-electron chi connectivity index (χ4n) is 5.22. The molecule has 0 saturated heterocycles. The highest BCUT2D eigenvalue weighted by Gasteiger charge is 2.44. The standard InChI is InChI=1S/C28H26N2O8/c1-33-21-6-4-5-16-19-14-18(15-7-9-20-23(13-15)37-12-11-36-20)29-30(19)27(38-25(16)21)17-8-10-22(34-2)26(35-3)24(17)28(31)32/h4-10,13,19,27H,11-12,14H2,1-3H3,(H,31,32)/t19-,27+/m1/s1. The zero-order valence-electron chi connectivity index (χ0n) is 21.1. The molecule has 0 fully saturated rings. The summed E-state index contributed by atoms with van der Waals surface area (Å²) in [4.78, 5) is 12.5. The van der Waals surface area contributed by atoms with Crippen LogP contribution < -0.4 is 28.4 Å². The minimum absolute atomic E-state index is 0.0584. The molecule has 2 atom stereocenters. The predicted molar refractivity (Wildman–Crippen MR) is 136 cm³/mol. The van der Waals surface area contributed by atoms with Crippen molar-refractivity contribution in [3.63, 3.8) is 0 Å². The first-order valence-electron chi connectivity index (χ1n) is 12.1. The van der Waals surface area contributed by atoms with Gasteiger partial charge in [0.05, 0.1) is 33.1 Å². The lowest BCUT2D eigenvalue weighted by molar-refractivity contribution is -0.0217. The Bertz CT molecular complexity index is 1450. The van der Waals surface area contributed by atoms with Crippen LogP contribution in [0.5, 0.6) is 34.5 Å². The van der Waals surface area contributed by atoms with Crippen LogP contribution in [0.15, 0.2) is 53.6 Å². The summed E-state index contributed by atoms with van der Waals surface area (Å²) >= 11 is 0. The third-order valence-electron chi connectivity index (χ3n) is 6.93. The van der Waals surface area contributed by atoms with E-state index >= 15 is 0 Å². The maximum absolute atomic E-state index is 12.5. The molecule has 0 saturated carbocycles. The maximum atomic E-state index is 12.5. The van der Waals surface area contributed by atoms with E-state index in [1.807, 2.05) is 41.4 Å². The lowest BCUT2D eigenvalue weighted by Crippen LogP contribution is -2.35. The molecule has 3 aromatic rings. The van der Waals surface area contributed by atoms with Crippen molar-refractivity contribution < 1.29 is 38.3 Å². The average molecular weight is 519 g/mol. The number of rotatable bonds is 6. The van der Waals surface area contributed by atoms with Gasteiger partial charge in [-0.1, -0.05) is 12.1 Å². The van der Waals surface area contributed by atoms with Crippen molar-refractivity contribution in [2.75, 3.05) is 34.5 Å². The Hall–Kier alpha value is -4.60.